The predicted molar refractivity (Wildman–Crippen MR) is 57.8 cm³/mol. The molecule has 0 aliphatic rings. The van der Waals surface area contributed by atoms with Gasteiger partial charge in [-0.1, -0.05) is 0 Å². The number of thiophene rings is 1. The normalized spacial score (nSPS) is 10.5. The van der Waals surface area contributed by atoms with Crippen molar-refractivity contribution in [1.29, 1.82) is 0 Å². The highest BCUT2D eigenvalue weighted by molar-refractivity contribution is 9.10. The summed E-state index contributed by atoms with van der Waals surface area (Å²) in [6.45, 7) is 0.782. The van der Waals surface area contributed by atoms with E-state index in [1.807, 2.05) is 22.2 Å². The van der Waals surface area contributed by atoms with E-state index in [9.17, 15) is 0 Å². The van der Waals surface area contributed by atoms with Crippen LogP contribution in [0.1, 0.15) is 4.88 Å². The Kier molecular flexibility index (Phi) is 2.37. The maximum absolute atomic E-state index is 5.65. The monoisotopic (exact) mass is 257 g/mol. The van der Waals surface area contributed by atoms with E-state index in [0.717, 1.165) is 11.0 Å². The Morgan fingerprint density at radius 2 is 2.46 bits per heavy atom. The fourth-order valence-electron chi connectivity index (χ4n) is 1.07. The molecule has 13 heavy (non-hydrogen) atoms. The molecule has 0 bridgehead atoms. The number of halogens is 1. The van der Waals surface area contributed by atoms with Crippen molar-refractivity contribution < 1.29 is 0 Å². The summed E-state index contributed by atoms with van der Waals surface area (Å²) in [5.74, 6) is 0.556. The molecule has 5 heteroatoms. The zero-order valence-electron chi connectivity index (χ0n) is 6.77. The minimum atomic E-state index is 0.556. The van der Waals surface area contributed by atoms with E-state index in [0.29, 0.717) is 5.95 Å². The minimum absolute atomic E-state index is 0.556. The van der Waals surface area contributed by atoms with E-state index in [1.165, 1.54) is 4.88 Å². The molecule has 2 aromatic rings. The number of imidazole rings is 1. The van der Waals surface area contributed by atoms with Gasteiger partial charge < -0.3 is 10.3 Å². The predicted octanol–water partition coefficient (Wildman–Crippen LogP) is 2.34. The van der Waals surface area contributed by atoms with Crippen LogP contribution in [0.15, 0.2) is 28.3 Å². The first-order chi connectivity index (χ1) is 6.27. The number of aromatic nitrogens is 2. The molecule has 2 aromatic heterocycles. The van der Waals surface area contributed by atoms with Crippen LogP contribution >= 0.6 is 27.3 Å². The van der Waals surface area contributed by atoms with Crippen molar-refractivity contribution in [3.05, 3.63) is 33.2 Å². The first-order valence-electron chi connectivity index (χ1n) is 3.76. The summed E-state index contributed by atoms with van der Waals surface area (Å²) in [5, 5.41) is 2.05. The van der Waals surface area contributed by atoms with Crippen molar-refractivity contribution in [2.45, 2.75) is 6.54 Å². The molecule has 0 saturated carbocycles. The molecular formula is C8H8BrN3S. The third kappa shape index (κ3) is 1.76. The molecule has 0 atom stereocenters. The lowest BCUT2D eigenvalue weighted by Gasteiger charge is -2.02. The van der Waals surface area contributed by atoms with Gasteiger partial charge in [-0.15, -0.1) is 11.3 Å². The maximum Gasteiger partial charge on any atom is 0.200 e. The fourth-order valence-corrected chi connectivity index (χ4v) is 2.54. The number of anilines is 1. The van der Waals surface area contributed by atoms with Gasteiger partial charge in [-0.2, -0.15) is 0 Å². The lowest BCUT2D eigenvalue weighted by molar-refractivity contribution is 0.821. The summed E-state index contributed by atoms with van der Waals surface area (Å²) in [4.78, 5) is 5.21. The zero-order chi connectivity index (χ0) is 9.26. The number of nitrogen functional groups attached to an aromatic ring is 1. The molecular weight excluding hydrogens is 250 g/mol. The van der Waals surface area contributed by atoms with Gasteiger partial charge >= 0.3 is 0 Å². The van der Waals surface area contributed by atoms with Crippen molar-refractivity contribution in [2.24, 2.45) is 0 Å². The molecule has 0 saturated heterocycles. The molecule has 2 rings (SSSR count). The Morgan fingerprint density at radius 1 is 1.62 bits per heavy atom. The van der Waals surface area contributed by atoms with E-state index in [-0.39, 0.29) is 0 Å². The van der Waals surface area contributed by atoms with Gasteiger partial charge in [0.2, 0.25) is 0 Å². The van der Waals surface area contributed by atoms with Gasteiger partial charge in [0.25, 0.3) is 0 Å². The van der Waals surface area contributed by atoms with E-state index in [4.69, 9.17) is 5.73 Å². The van der Waals surface area contributed by atoms with Crippen LogP contribution in [0.2, 0.25) is 0 Å². The zero-order valence-corrected chi connectivity index (χ0v) is 9.18. The second-order valence-corrected chi connectivity index (χ2v) is 4.46. The van der Waals surface area contributed by atoms with Crippen LogP contribution in [-0.4, -0.2) is 9.55 Å². The lowest BCUT2D eigenvalue weighted by Crippen LogP contribution is -2.02. The van der Waals surface area contributed by atoms with Gasteiger partial charge in [0, 0.05) is 21.7 Å². The van der Waals surface area contributed by atoms with Crippen LogP contribution in [0.25, 0.3) is 0 Å². The maximum atomic E-state index is 5.65. The Balaban J connectivity index is 2.24. The molecule has 0 unspecified atom stereocenters. The van der Waals surface area contributed by atoms with Crippen LogP contribution in [0.3, 0.4) is 0 Å². The van der Waals surface area contributed by atoms with Crippen LogP contribution in [0.4, 0.5) is 5.95 Å². The topological polar surface area (TPSA) is 43.8 Å². The molecule has 0 radical (unpaired) electrons. The fraction of sp³-hybridized carbons (Fsp3) is 0.125. The number of rotatable bonds is 2. The van der Waals surface area contributed by atoms with Crippen LogP contribution in [0.5, 0.6) is 0 Å². The molecule has 0 aliphatic carbocycles. The molecule has 0 spiro atoms. The molecule has 0 aliphatic heterocycles. The SMILES string of the molecule is Nc1nccn1Cc1sccc1Br. The highest BCUT2D eigenvalue weighted by Crippen LogP contribution is 2.23. The summed E-state index contributed by atoms with van der Waals surface area (Å²) >= 11 is 5.18. The number of nitrogens with two attached hydrogens (primary N) is 1. The Hall–Kier alpha value is -0.810. The van der Waals surface area contributed by atoms with Gasteiger partial charge in [0.05, 0.1) is 6.54 Å². The van der Waals surface area contributed by atoms with Gasteiger partial charge in [0.15, 0.2) is 5.95 Å². The molecule has 68 valence electrons. The third-order valence-corrected chi connectivity index (χ3v) is 3.66. The number of nitrogens with zero attached hydrogens (tertiary/aromatic N) is 2. The largest absolute Gasteiger partial charge is 0.369 e. The first-order valence-corrected chi connectivity index (χ1v) is 5.43. The Bertz CT molecular complexity index is 369. The van der Waals surface area contributed by atoms with Crippen LogP contribution < -0.4 is 5.73 Å². The Morgan fingerprint density at radius 3 is 3.00 bits per heavy atom. The second-order valence-electron chi connectivity index (χ2n) is 2.61. The van der Waals surface area contributed by atoms with E-state index in [1.54, 1.807) is 17.5 Å². The number of hydrogen-bond donors (Lipinski definition) is 1. The number of hydrogen-bond acceptors (Lipinski definition) is 3. The molecule has 0 amide bonds. The highest BCUT2D eigenvalue weighted by Gasteiger charge is 2.03. The van der Waals surface area contributed by atoms with Crippen LogP contribution in [0, 0.1) is 0 Å². The molecule has 3 nitrogen and oxygen atoms in total. The quantitative estimate of drug-likeness (QED) is 0.898. The summed E-state index contributed by atoms with van der Waals surface area (Å²) in [6.07, 6.45) is 3.58. The Labute approximate surface area is 88.3 Å². The van der Waals surface area contributed by atoms with Crippen molar-refractivity contribution in [3.8, 4) is 0 Å². The van der Waals surface area contributed by atoms with Gasteiger partial charge in [-0.3, -0.25) is 0 Å². The van der Waals surface area contributed by atoms with Crippen molar-refractivity contribution in [2.75, 3.05) is 5.73 Å². The van der Waals surface area contributed by atoms with Crippen molar-refractivity contribution >= 4 is 33.2 Å². The average molecular weight is 258 g/mol. The van der Waals surface area contributed by atoms with Gasteiger partial charge in [-0.05, 0) is 27.4 Å². The summed E-state index contributed by atoms with van der Waals surface area (Å²) in [6, 6.07) is 2.03. The smallest absolute Gasteiger partial charge is 0.200 e. The summed E-state index contributed by atoms with van der Waals surface area (Å²) in [5.41, 5.74) is 5.65. The summed E-state index contributed by atoms with van der Waals surface area (Å²) in [7, 11) is 0. The minimum Gasteiger partial charge on any atom is -0.369 e. The van der Waals surface area contributed by atoms with Gasteiger partial charge in [-0.25, -0.2) is 4.98 Å². The lowest BCUT2D eigenvalue weighted by atomic mass is 10.4. The van der Waals surface area contributed by atoms with E-state index >= 15 is 0 Å². The molecule has 2 N–H and O–H groups in total. The van der Waals surface area contributed by atoms with Crippen LogP contribution in [-0.2, 0) is 6.54 Å². The molecule has 2 heterocycles. The standard InChI is InChI=1S/C8H8BrN3S/c9-6-1-4-13-7(6)5-12-3-2-11-8(12)10/h1-4H,5H2,(H2,10,11). The first kappa shape index (κ1) is 8.77. The summed E-state index contributed by atoms with van der Waals surface area (Å²) < 4.78 is 3.04. The van der Waals surface area contributed by atoms with E-state index in [2.05, 4.69) is 20.9 Å². The second kappa shape index (κ2) is 3.51. The van der Waals surface area contributed by atoms with Crippen molar-refractivity contribution in [1.82, 2.24) is 9.55 Å². The molecule has 0 fully saturated rings. The average Bonchev–Trinajstić information content (AvgIpc) is 2.65. The highest BCUT2D eigenvalue weighted by atomic mass is 79.9. The van der Waals surface area contributed by atoms with Crippen molar-refractivity contribution in [3.63, 3.8) is 0 Å². The van der Waals surface area contributed by atoms with Gasteiger partial charge in [0.1, 0.15) is 0 Å². The third-order valence-electron chi connectivity index (χ3n) is 1.75. The van der Waals surface area contributed by atoms with E-state index < -0.39 is 0 Å². The molecule has 0 aromatic carbocycles.